The van der Waals surface area contributed by atoms with Gasteiger partial charge in [0.15, 0.2) is 0 Å². The number of carbonyl (C=O) groups excluding carboxylic acids is 1. The van der Waals surface area contributed by atoms with E-state index in [1.54, 1.807) is 6.92 Å². The number of likely N-dealkylation sites (tertiary alicyclic amines) is 1. The van der Waals surface area contributed by atoms with Crippen LogP contribution in [-0.4, -0.2) is 45.5 Å². The van der Waals surface area contributed by atoms with Crippen LogP contribution in [0.4, 0.5) is 0 Å². The zero-order valence-electron chi connectivity index (χ0n) is 16.5. The number of ether oxygens (including phenoxy) is 1. The van der Waals surface area contributed by atoms with E-state index in [0.717, 1.165) is 37.5 Å². The summed E-state index contributed by atoms with van der Waals surface area (Å²) in [6.07, 6.45) is 1.48. The van der Waals surface area contributed by atoms with Crippen molar-refractivity contribution in [2.75, 3.05) is 20.2 Å². The summed E-state index contributed by atoms with van der Waals surface area (Å²) in [5.41, 5.74) is 2.04. The molecule has 156 valence electrons. The highest BCUT2D eigenvalue weighted by Gasteiger charge is 2.26. The number of methoxy groups -OCH3 is 1. The van der Waals surface area contributed by atoms with Crippen molar-refractivity contribution in [3.8, 4) is 0 Å². The van der Waals surface area contributed by atoms with E-state index < -0.39 is 16.0 Å². The number of piperidine rings is 1. The molecule has 1 aliphatic rings. The van der Waals surface area contributed by atoms with Gasteiger partial charge in [0.2, 0.25) is 10.0 Å². The van der Waals surface area contributed by atoms with Crippen LogP contribution in [0.1, 0.15) is 34.3 Å². The number of carbonyl (C=O) groups is 1. The van der Waals surface area contributed by atoms with Crippen LogP contribution in [0.15, 0.2) is 47.4 Å². The summed E-state index contributed by atoms with van der Waals surface area (Å²) in [4.78, 5) is 14.1. The molecule has 0 amide bonds. The Balaban J connectivity index is 1.59. The zero-order chi connectivity index (χ0) is 21.0. The summed E-state index contributed by atoms with van der Waals surface area (Å²) >= 11 is 5.93. The highest BCUT2D eigenvalue weighted by molar-refractivity contribution is 7.89. The number of aryl methyl sites for hydroxylation is 1. The van der Waals surface area contributed by atoms with Crippen LogP contribution in [0.2, 0.25) is 5.02 Å². The lowest BCUT2D eigenvalue weighted by Crippen LogP contribution is -2.44. The number of hydrogen-bond donors (Lipinski definition) is 1. The monoisotopic (exact) mass is 436 g/mol. The summed E-state index contributed by atoms with van der Waals surface area (Å²) in [5.74, 6) is -0.488. The molecule has 1 fully saturated rings. The Morgan fingerprint density at radius 2 is 1.83 bits per heavy atom. The molecule has 0 atom stereocenters. The molecule has 1 heterocycles. The van der Waals surface area contributed by atoms with Gasteiger partial charge in [0.25, 0.3) is 0 Å². The molecule has 0 aliphatic carbocycles. The van der Waals surface area contributed by atoms with Gasteiger partial charge < -0.3 is 4.74 Å². The normalized spacial score (nSPS) is 16.0. The Labute approximate surface area is 176 Å². The van der Waals surface area contributed by atoms with Crippen molar-refractivity contribution in [1.29, 1.82) is 0 Å². The van der Waals surface area contributed by atoms with Gasteiger partial charge in [-0.25, -0.2) is 17.9 Å². The van der Waals surface area contributed by atoms with E-state index in [4.69, 9.17) is 11.6 Å². The zero-order valence-corrected chi connectivity index (χ0v) is 18.1. The van der Waals surface area contributed by atoms with Crippen LogP contribution in [0.3, 0.4) is 0 Å². The predicted octanol–water partition coefficient (Wildman–Crippen LogP) is 3.38. The molecule has 0 radical (unpaired) electrons. The van der Waals surface area contributed by atoms with E-state index in [-0.39, 0.29) is 10.9 Å². The summed E-state index contributed by atoms with van der Waals surface area (Å²) in [5, 5.41) is 0.719. The summed E-state index contributed by atoms with van der Waals surface area (Å²) in [7, 11) is -2.36. The van der Waals surface area contributed by atoms with Crippen LogP contribution in [0, 0.1) is 6.92 Å². The average Bonchev–Trinajstić information content (AvgIpc) is 2.70. The number of esters is 1. The van der Waals surface area contributed by atoms with Crippen LogP contribution in [0.5, 0.6) is 0 Å². The van der Waals surface area contributed by atoms with Crippen molar-refractivity contribution in [2.45, 2.75) is 37.2 Å². The van der Waals surface area contributed by atoms with Gasteiger partial charge >= 0.3 is 5.97 Å². The maximum absolute atomic E-state index is 12.8. The van der Waals surface area contributed by atoms with E-state index in [0.29, 0.717) is 11.1 Å². The largest absolute Gasteiger partial charge is 0.465 e. The standard InChI is InChI=1S/C21H25ClN2O4S/c1-15-13-17(21(25)28-2)5-8-20(15)29(26,27)23-19-9-11-24(12-10-19)14-16-3-6-18(22)7-4-16/h3-8,13,19,23H,9-12,14H2,1-2H3. The first kappa shape index (κ1) is 21.8. The Bertz CT molecular complexity index is 969. The SMILES string of the molecule is COC(=O)c1ccc(S(=O)(=O)NC2CCN(Cc3ccc(Cl)cc3)CC2)c(C)c1. The van der Waals surface area contributed by atoms with Gasteiger partial charge in [-0.3, -0.25) is 4.90 Å². The lowest BCUT2D eigenvalue weighted by molar-refractivity contribution is 0.0600. The van der Waals surface area contributed by atoms with Crippen molar-refractivity contribution >= 4 is 27.6 Å². The van der Waals surface area contributed by atoms with Crippen molar-refractivity contribution < 1.29 is 17.9 Å². The fraction of sp³-hybridized carbons (Fsp3) is 0.381. The Hall–Kier alpha value is -1.93. The second-order valence-corrected chi connectivity index (χ2v) is 9.39. The Morgan fingerprint density at radius 3 is 2.41 bits per heavy atom. The Morgan fingerprint density at radius 1 is 1.17 bits per heavy atom. The van der Waals surface area contributed by atoms with Gasteiger partial charge in [0.1, 0.15) is 0 Å². The molecule has 0 bridgehead atoms. The summed E-state index contributed by atoms with van der Waals surface area (Å²) in [6.45, 7) is 4.13. The van der Waals surface area contributed by atoms with Crippen LogP contribution < -0.4 is 4.72 Å². The second-order valence-electron chi connectivity index (χ2n) is 7.27. The molecule has 1 aliphatic heterocycles. The minimum atomic E-state index is -3.66. The third-order valence-corrected chi connectivity index (χ3v) is 7.05. The first-order valence-electron chi connectivity index (χ1n) is 9.46. The molecule has 29 heavy (non-hydrogen) atoms. The molecule has 8 heteroatoms. The molecule has 6 nitrogen and oxygen atoms in total. The first-order chi connectivity index (χ1) is 13.8. The van der Waals surface area contributed by atoms with Gasteiger partial charge in [0.05, 0.1) is 17.6 Å². The molecule has 1 saturated heterocycles. The predicted molar refractivity (Wildman–Crippen MR) is 113 cm³/mol. The fourth-order valence-electron chi connectivity index (χ4n) is 3.54. The van der Waals surface area contributed by atoms with Crippen LogP contribution >= 0.6 is 11.6 Å². The molecule has 0 aromatic heterocycles. The molecule has 3 rings (SSSR count). The minimum absolute atomic E-state index is 0.110. The highest BCUT2D eigenvalue weighted by atomic mass is 35.5. The maximum Gasteiger partial charge on any atom is 0.337 e. The van der Waals surface area contributed by atoms with Crippen molar-refractivity contribution in [3.05, 3.63) is 64.2 Å². The second kappa shape index (κ2) is 9.26. The number of sulfonamides is 1. The summed E-state index contributed by atoms with van der Waals surface area (Å²) < 4.78 is 33.1. The highest BCUT2D eigenvalue weighted by Crippen LogP contribution is 2.21. The van der Waals surface area contributed by atoms with Gasteiger partial charge in [0, 0.05) is 30.7 Å². The number of benzene rings is 2. The first-order valence-corrected chi connectivity index (χ1v) is 11.3. The van der Waals surface area contributed by atoms with E-state index in [1.165, 1.54) is 30.9 Å². The van der Waals surface area contributed by atoms with Gasteiger partial charge in [-0.05, 0) is 61.2 Å². The molecule has 1 N–H and O–H groups in total. The minimum Gasteiger partial charge on any atom is -0.465 e. The van der Waals surface area contributed by atoms with Crippen molar-refractivity contribution in [2.24, 2.45) is 0 Å². The quantitative estimate of drug-likeness (QED) is 0.702. The molecular weight excluding hydrogens is 412 g/mol. The number of nitrogens with zero attached hydrogens (tertiary/aromatic N) is 1. The van der Waals surface area contributed by atoms with E-state index in [9.17, 15) is 13.2 Å². The lowest BCUT2D eigenvalue weighted by Gasteiger charge is -2.32. The molecule has 0 unspecified atom stereocenters. The van der Waals surface area contributed by atoms with Gasteiger partial charge in [-0.1, -0.05) is 23.7 Å². The number of halogens is 1. The third kappa shape index (κ3) is 5.57. The number of rotatable bonds is 6. The lowest BCUT2D eigenvalue weighted by atomic mass is 10.1. The van der Waals surface area contributed by atoms with Crippen molar-refractivity contribution in [3.63, 3.8) is 0 Å². The summed E-state index contributed by atoms with van der Waals surface area (Å²) in [6, 6.07) is 12.1. The van der Waals surface area contributed by atoms with Crippen LogP contribution in [-0.2, 0) is 21.3 Å². The molecule has 0 spiro atoms. The number of hydrogen-bond acceptors (Lipinski definition) is 5. The molecular formula is C21H25ClN2O4S. The molecule has 0 saturated carbocycles. The van der Waals surface area contributed by atoms with E-state index in [2.05, 4.69) is 14.4 Å². The van der Waals surface area contributed by atoms with Crippen molar-refractivity contribution in [1.82, 2.24) is 9.62 Å². The Kier molecular flexibility index (Phi) is 6.95. The van der Waals surface area contributed by atoms with E-state index in [1.807, 2.05) is 24.3 Å². The third-order valence-electron chi connectivity index (χ3n) is 5.11. The smallest absolute Gasteiger partial charge is 0.337 e. The maximum atomic E-state index is 12.8. The van der Waals surface area contributed by atoms with Crippen LogP contribution in [0.25, 0.3) is 0 Å². The molecule has 2 aromatic carbocycles. The van der Waals surface area contributed by atoms with Gasteiger partial charge in [-0.15, -0.1) is 0 Å². The van der Waals surface area contributed by atoms with Gasteiger partial charge in [-0.2, -0.15) is 0 Å². The average molecular weight is 437 g/mol. The van der Waals surface area contributed by atoms with E-state index >= 15 is 0 Å². The molecule has 2 aromatic rings. The topological polar surface area (TPSA) is 75.7 Å². The fourth-order valence-corrected chi connectivity index (χ4v) is 5.19. The number of nitrogens with one attached hydrogen (secondary N) is 1.